The van der Waals surface area contributed by atoms with Gasteiger partial charge in [0.25, 0.3) is 11.5 Å². The number of carbonyl (C=O) groups excluding carboxylic acids is 2. The van der Waals surface area contributed by atoms with E-state index in [1.165, 1.54) is 4.68 Å². The van der Waals surface area contributed by atoms with E-state index in [-0.39, 0.29) is 17.4 Å². The van der Waals surface area contributed by atoms with E-state index >= 15 is 0 Å². The largest absolute Gasteiger partial charge is 0.383 e. The van der Waals surface area contributed by atoms with Gasteiger partial charge in [0.15, 0.2) is 0 Å². The summed E-state index contributed by atoms with van der Waals surface area (Å²) in [6.07, 6.45) is 3.91. The molecule has 2 amide bonds. The Labute approximate surface area is 186 Å². The smallest absolute Gasteiger partial charge is 0.282 e. The molecule has 9 heteroatoms. The van der Waals surface area contributed by atoms with Crippen LogP contribution < -0.4 is 5.56 Å². The molecule has 168 valence electrons. The quantitative estimate of drug-likeness (QED) is 0.583. The minimum atomic E-state index is -0.273. The summed E-state index contributed by atoms with van der Waals surface area (Å²) < 4.78 is 8.30. The molecular weight excluding hydrogens is 410 g/mol. The lowest BCUT2D eigenvalue weighted by Gasteiger charge is -2.35. The molecule has 0 unspecified atom stereocenters. The Hall–Kier alpha value is -3.46. The van der Waals surface area contributed by atoms with Crippen LogP contribution in [0.2, 0.25) is 0 Å². The average Bonchev–Trinajstić information content (AvgIpc) is 3.18. The van der Waals surface area contributed by atoms with Crippen LogP contribution in [0.15, 0.2) is 47.5 Å². The van der Waals surface area contributed by atoms with Crippen molar-refractivity contribution in [3.63, 3.8) is 0 Å². The average molecular weight is 438 g/mol. The number of piperazine rings is 1. The highest BCUT2D eigenvalue weighted by Gasteiger charge is 2.29. The Morgan fingerprint density at radius 1 is 1.03 bits per heavy atom. The summed E-state index contributed by atoms with van der Waals surface area (Å²) in [6, 6.07) is 9.15. The molecule has 0 atom stereocenters. The number of carbonyl (C=O) groups is 2. The number of amides is 2. The van der Waals surface area contributed by atoms with Crippen LogP contribution >= 0.6 is 0 Å². The maximum Gasteiger partial charge on any atom is 0.282 e. The van der Waals surface area contributed by atoms with Gasteiger partial charge in [-0.2, -0.15) is 9.78 Å². The Bertz CT molecular complexity index is 1130. The zero-order valence-corrected chi connectivity index (χ0v) is 18.4. The first-order chi connectivity index (χ1) is 15.5. The molecule has 0 bridgehead atoms. The maximum atomic E-state index is 13.5. The van der Waals surface area contributed by atoms with Gasteiger partial charge in [-0.05, 0) is 12.1 Å². The van der Waals surface area contributed by atoms with E-state index in [2.05, 4.69) is 5.10 Å². The van der Waals surface area contributed by atoms with Crippen molar-refractivity contribution in [1.29, 1.82) is 0 Å². The fourth-order valence-corrected chi connectivity index (χ4v) is 3.94. The van der Waals surface area contributed by atoms with Gasteiger partial charge in [-0.25, -0.2) is 0 Å². The lowest BCUT2D eigenvalue weighted by molar-refractivity contribution is -0.132. The second kappa shape index (κ2) is 9.35. The number of ether oxygens (including phenoxy) is 1. The molecule has 1 saturated heterocycles. The summed E-state index contributed by atoms with van der Waals surface area (Å²) >= 11 is 0. The van der Waals surface area contributed by atoms with Crippen molar-refractivity contribution in [3.05, 3.63) is 58.6 Å². The summed E-state index contributed by atoms with van der Waals surface area (Å²) in [5.41, 5.74) is 1.51. The van der Waals surface area contributed by atoms with Gasteiger partial charge in [0.2, 0.25) is 5.91 Å². The summed E-state index contributed by atoms with van der Waals surface area (Å²) in [4.78, 5) is 42.1. The molecule has 3 heterocycles. The molecule has 0 aliphatic carbocycles. The molecule has 0 saturated carbocycles. The fraction of sp³-hybridized carbons (Fsp3) is 0.391. The van der Waals surface area contributed by atoms with Gasteiger partial charge in [0, 0.05) is 58.6 Å². The molecule has 1 aromatic rings. The second-order valence-electron chi connectivity index (χ2n) is 7.74. The van der Waals surface area contributed by atoms with Gasteiger partial charge < -0.3 is 19.1 Å². The van der Waals surface area contributed by atoms with E-state index in [4.69, 9.17) is 4.74 Å². The first kappa shape index (κ1) is 21.8. The van der Waals surface area contributed by atoms with Crippen LogP contribution in [0, 0.1) is 0 Å². The third-order valence-electron chi connectivity index (χ3n) is 5.73. The number of para-hydroxylation sites is 1. The summed E-state index contributed by atoms with van der Waals surface area (Å²) in [5.74, 6) is -0.0997. The fourth-order valence-electron chi connectivity index (χ4n) is 3.94. The zero-order chi connectivity index (χ0) is 22.7. The number of rotatable bonds is 6. The summed E-state index contributed by atoms with van der Waals surface area (Å²) in [7, 11) is 1.61. The van der Waals surface area contributed by atoms with Gasteiger partial charge in [-0.15, -0.1) is 0 Å². The highest BCUT2D eigenvalue weighted by atomic mass is 16.5. The van der Waals surface area contributed by atoms with Gasteiger partial charge >= 0.3 is 0 Å². The number of hydrogen-bond acceptors (Lipinski definition) is 5. The number of aromatic nitrogens is 3. The third kappa shape index (κ3) is 4.16. The Kier molecular flexibility index (Phi) is 6.36. The predicted octanol–water partition coefficient (Wildman–Crippen LogP) is 1.48. The molecular formula is C23H27N5O4. The highest BCUT2D eigenvalue weighted by Crippen LogP contribution is 2.24. The molecule has 0 radical (unpaired) electrons. The van der Waals surface area contributed by atoms with Crippen molar-refractivity contribution in [2.45, 2.75) is 19.9 Å². The number of fused-ring (bicyclic) bond motifs is 1. The maximum absolute atomic E-state index is 13.5. The molecule has 9 nitrogen and oxygen atoms in total. The Balaban J connectivity index is 1.71. The molecule has 0 aromatic heterocycles. The van der Waals surface area contributed by atoms with Crippen LogP contribution in [-0.4, -0.2) is 75.9 Å². The van der Waals surface area contributed by atoms with E-state index in [1.54, 1.807) is 46.0 Å². The van der Waals surface area contributed by atoms with Crippen LogP contribution in [0.3, 0.4) is 0 Å². The predicted molar refractivity (Wildman–Crippen MR) is 119 cm³/mol. The van der Waals surface area contributed by atoms with Crippen molar-refractivity contribution in [2.24, 2.45) is 0 Å². The van der Waals surface area contributed by atoms with E-state index in [0.29, 0.717) is 68.3 Å². The number of pyridine rings is 1. The third-order valence-corrected chi connectivity index (χ3v) is 5.73. The first-order valence-electron chi connectivity index (χ1n) is 10.8. The van der Waals surface area contributed by atoms with E-state index in [0.717, 1.165) is 0 Å². The first-order valence-corrected chi connectivity index (χ1v) is 10.8. The standard InChI is InChI=1S/C23H27N5O4/c1-3-20(29)26-9-11-27(12-10-26)22(30)18-15-25(13-14-32-2)16-19-21(18)24-28(23(19)31)17-7-5-4-6-8-17/h4-8,15-16H,3,9-14H2,1-2H3. The van der Waals surface area contributed by atoms with E-state index in [9.17, 15) is 14.4 Å². The van der Waals surface area contributed by atoms with E-state index in [1.807, 2.05) is 25.1 Å². The second-order valence-corrected chi connectivity index (χ2v) is 7.74. The lowest BCUT2D eigenvalue weighted by atomic mass is 10.1. The number of benzene rings is 1. The number of hydrogen-bond donors (Lipinski definition) is 0. The zero-order valence-electron chi connectivity index (χ0n) is 18.4. The summed E-state index contributed by atoms with van der Waals surface area (Å²) in [5, 5.41) is 4.52. The van der Waals surface area contributed by atoms with Crippen LogP contribution in [-0.2, 0) is 16.1 Å². The monoisotopic (exact) mass is 437 g/mol. The van der Waals surface area contributed by atoms with Gasteiger partial charge in [-0.3, -0.25) is 14.4 Å². The molecule has 4 rings (SSSR count). The molecule has 32 heavy (non-hydrogen) atoms. The normalized spacial score (nSPS) is 14.2. The topological polar surface area (TPSA) is 89.7 Å². The lowest BCUT2D eigenvalue weighted by Crippen LogP contribution is -2.50. The Morgan fingerprint density at radius 2 is 1.72 bits per heavy atom. The SMILES string of the molecule is CCC(=O)N1CCN(C(=O)c2cn(CCOC)cc3c(=O)n(-c4ccccc4)nc2-3)CC1. The minimum absolute atomic E-state index is 0.0919. The summed E-state index contributed by atoms with van der Waals surface area (Å²) in [6.45, 7) is 4.69. The molecule has 3 aliphatic rings. The minimum Gasteiger partial charge on any atom is -0.383 e. The van der Waals surface area contributed by atoms with Gasteiger partial charge in [0.05, 0.1) is 23.4 Å². The van der Waals surface area contributed by atoms with Crippen molar-refractivity contribution < 1.29 is 14.3 Å². The Morgan fingerprint density at radius 3 is 2.38 bits per heavy atom. The number of methoxy groups -OCH3 is 1. The molecule has 3 aliphatic heterocycles. The van der Waals surface area contributed by atoms with Crippen LogP contribution in [0.1, 0.15) is 23.7 Å². The van der Waals surface area contributed by atoms with Crippen LogP contribution in [0.5, 0.6) is 0 Å². The molecule has 0 N–H and O–H groups in total. The molecule has 0 spiro atoms. The van der Waals surface area contributed by atoms with Crippen molar-refractivity contribution >= 4 is 11.8 Å². The van der Waals surface area contributed by atoms with Crippen molar-refractivity contribution in [3.8, 4) is 16.9 Å². The van der Waals surface area contributed by atoms with Gasteiger partial charge in [-0.1, -0.05) is 25.1 Å². The molecule has 1 fully saturated rings. The van der Waals surface area contributed by atoms with Crippen molar-refractivity contribution in [1.82, 2.24) is 24.1 Å². The highest BCUT2D eigenvalue weighted by molar-refractivity contribution is 6.00. The van der Waals surface area contributed by atoms with Crippen molar-refractivity contribution in [2.75, 3.05) is 39.9 Å². The van der Waals surface area contributed by atoms with E-state index < -0.39 is 0 Å². The number of nitrogens with zero attached hydrogens (tertiary/aromatic N) is 5. The van der Waals surface area contributed by atoms with Crippen LogP contribution in [0.4, 0.5) is 0 Å². The van der Waals surface area contributed by atoms with Gasteiger partial charge in [0.1, 0.15) is 5.69 Å². The van der Waals surface area contributed by atoms with Crippen LogP contribution in [0.25, 0.3) is 16.9 Å². The molecule has 1 aromatic carbocycles.